The van der Waals surface area contributed by atoms with Crippen molar-refractivity contribution in [1.29, 1.82) is 0 Å². The molecular formula is C13H16N4O3. The maximum absolute atomic E-state index is 11.4. The first-order chi connectivity index (χ1) is 9.58. The number of esters is 1. The molecule has 0 aliphatic rings. The predicted molar refractivity (Wildman–Crippen MR) is 71.9 cm³/mol. The molecule has 1 heterocycles. The Bertz CT molecular complexity index is 622. The fourth-order valence-corrected chi connectivity index (χ4v) is 1.93. The monoisotopic (exact) mass is 276 g/mol. The van der Waals surface area contributed by atoms with Gasteiger partial charge < -0.3 is 15.2 Å². The summed E-state index contributed by atoms with van der Waals surface area (Å²) in [6, 6.07) is 5.21. The number of nitrogens with two attached hydrogens (primary N) is 1. The number of hydrogen-bond acceptors (Lipinski definition) is 6. The minimum Gasteiger partial charge on any atom is -0.496 e. The van der Waals surface area contributed by atoms with E-state index in [-0.39, 0.29) is 11.9 Å². The number of ether oxygens (including phenoxy) is 2. The SMILES string of the molecule is COC(=O)c1ncn(-c2cccc(OC)c2C(C)N)n1. The maximum Gasteiger partial charge on any atom is 0.377 e. The summed E-state index contributed by atoms with van der Waals surface area (Å²) in [6.45, 7) is 1.85. The van der Waals surface area contributed by atoms with E-state index in [1.807, 2.05) is 25.1 Å². The zero-order chi connectivity index (χ0) is 14.7. The van der Waals surface area contributed by atoms with Crippen molar-refractivity contribution in [2.24, 2.45) is 5.73 Å². The van der Waals surface area contributed by atoms with E-state index in [2.05, 4.69) is 14.8 Å². The lowest BCUT2D eigenvalue weighted by Gasteiger charge is -2.16. The highest BCUT2D eigenvalue weighted by atomic mass is 16.5. The Hall–Kier alpha value is -2.41. The molecule has 0 aliphatic heterocycles. The van der Waals surface area contributed by atoms with Crippen LogP contribution in [0.5, 0.6) is 5.75 Å². The summed E-state index contributed by atoms with van der Waals surface area (Å²) >= 11 is 0. The van der Waals surface area contributed by atoms with Crippen molar-refractivity contribution in [3.63, 3.8) is 0 Å². The van der Waals surface area contributed by atoms with Crippen molar-refractivity contribution in [1.82, 2.24) is 14.8 Å². The summed E-state index contributed by atoms with van der Waals surface area (Å²) in [7, 11) is 2.86. The van der Waals surface area contributed by atoms with E-state index in [1.165, 1.54) is 18.1 Å². The zero-order valence-electron chi connectivity index (χ0n) is 11.5. The lowest BCUT2D eigenvalue weighted by Crippen LogP contribution is -2.12. The first-order valence-electron chi connectivity index (χ1n) is 6.01. The summed E-state index contributed by atoms with van der Waals surface area (Å²) < 4.78 is 11.4. The van der Waals surface area contributed by atoms with E-state index in [4.69, 9.17) is 10.5 Å². The largest absolute Gasteiger partial charge is 0.496 e. The number of nitrogens with zero attached hydrogens (tertiary/aromatic N) is 3. The van der Waals surface area contributed by atoms with Crippen LogP contribution in [0.15, 0.2) is 24.5 Å². The van der Waals surface area contributed by atoms with Gasteiger partial charge in [-0.2, -0.15) is 0 Å². The second-order valence-electron chi connectivity index (χ2n) is 4.19. The smallest absolute Gasteiger partial charge is 0.377 e. The van der Waals surface area contributed by atoms with Crippen molar-refractivity contribution >= 4 is 5.97 Å². The summed E-state index contributed by atoms with van der Waals surface area (Å²) in [5.74, 6) is 0.0626. The topological polar surface area (TPSA) is 92.3 Å². The molecule has 106 valence electrons. The molecule has 2 rings (SSSR count). The number of carbonyl (C=O) groups is 1. The molecule has 7 heteroatoms. The normalized spacial score (nSPS) is 12.0. The van der Waals surface area contributed by atoms with Gasteiger partial charge in [0, 0.05) is 11.6 Å². The Morgan fingerprint density at radius 1 is 1.40 bits per heavy atom. The molecule has 0 saturated heterocycles. The third-order valence-electron chi connectivity index (χ3n) is 2.83. The molecule has 2 aromatic rings. The van der Waals surface area contributed by atoms with Crippen LogP contribution in [0.25, 0.3) is 5.69 Å². The van der Waals surface area contributed by atoms with Gasteiger partial charge in [-0.3, -0.25) is 0 Å². The molecule has 1 aromatic heterocycles. The van der Waals surface area contributed by atoms with Crippen molar-refractivity contribution in [2.75, 3.05) is 14.2 Å². The van der Waals surface area contributed by atoms with Crippen molar-refractivity contribution in [3.05, 3.63) is 35.9 Å². The van der Waals surface area contributed by atoms with Crippen molar-refractivity contribution < 1.29 is 14.3 Å². The van der Waals surface area contributed by atoms with E-state index in [9.17, 15) is 4.79 Å². The van der Waals surface area contributed by atoms with Gasteiger partial charge in [-0.05, 0) is 19.1 Å². The quantitative estimate of drug-likeness (QED) is 0.840. The molecule has 7 nitrogen and oxygen atoms in total. The zero-order valence-corrected chi connectivity index (χ0v) is 11.5. The van der Waals surface area contributed by atoms with E-state index >= 15 is 0 Å². The Morgan fingerprint density at radius 3 is 2.75 bits per heavy atom. The minimum absolute atomic E-state index is 0.00838. The molecule has 0 radical (unpaired) electrons. The van der Waals surface area contributed by atoms with Crippen LogP contribution < -0.4 is 10.5 Å². The average Bonchev–Trinajstić information content (AvgIpc) is 2.95. The van der Waals surface area contributed by atoms with E-state index in [0.717, 1.165) is 5.56 Å². The summed E-state index contributed by atoms with van der Waals surface area (Å²) in [5, 5.41) is 4.09. The third kappa shape index (κ3) is 2.48. The van der Waals surface area contributed by atoms with Gasteiger partial charge in [0.05, 0.1) is 19.9 Å². The second-order valence-corrected chi connectivity index (χ2v) is 4.19. The van der Waals surface area contributed by atoms with Crippen LogP contribution in [0.1, 0.15) is 29.1 Å². The third-order valence-corrected chi connectivity index (χ3v) is 2.83. The fraction of sp³-hybridized carbons (Fsp3) is 0.308. The van der Waals surface area contributed by atoms with Crippen molar-refractivity contribution in [3.8, 4) is 11.4 Å². The molecule has 1 aromatic carbocycles. The highest BCUT2D eigenvalue weighted by Crippen LogP contribution is 2.29. The summed E-state index contributed by atoms with van der Waals surface area (Å²) in [6.07, 6.45) is 1.44. The lowest BCUT2D eigenvalue weighted by molar-refractivity contribution is 0.0587. The standard InChI is InChI=1S/C13H16N4O3/c1-8(14)11-9(5-4-6-10(11)19-2)17-7-15-12(16-17)13(18)20-3/h4-8H,14H2,1-3H3. The van der Waals surface area contributed by atoms with Crippen LogP contribution in [-0.4, -0.2) is 35.0 Å². The van der Waals surface area contributed by atoms with Crippen molar-refractivity contribution in [2.45, 2.75) is 13.0 Å². The van der Waals surface area contributed by atoms with Gasteiger partial charge >= 0.3 is 5.97 Å². The lowest BCUT2D eigenvalue weighted by atomic mass is 10.1. The Kier molecular flexibility index (Phi) is 3.99. The van der Waals surface area contributed by atoms with Crippen LogP contribution in [0, 0.1) is 0 Å². The highest BCUT2D eigenvalue weighted by Gasteiger charge is 2.17. The average molecular weight is 276 g/mol. The Morgan fingerprint density at radius 2 is 2.15 bits per heavy atom. The predicted octanol–water partition coefficient (Wildman–Crippen LogP) is 1.08. The minimum atomic E-state index is -0.589. The molecular weight excluding hydrogens is 260 g/mol. The molecule has 0 amide bonds. The molecule has 0 bridgehead atoms. The van der Waals surface area contributed by atoms with Gasteiger partial charge in [0.25, 0.3) is 5.82 Å². The Balaban J connectivity index is 2.52. The first kappa shape index (κ1) is 14.0. The molecule has 0 spiro atoms. The van der Waals surface area contributed by atoms with E-state index in [0.29, 0.717) is 11.4 Å². The Labute approximate surface area is 116 Å². The number of rotatable bonds is 4. The van der Waals surface area contributed by atoms with E-state index < -0.39 is 5.97 Å². The van der Waals surface area contributed by atoms with Crippen LogP contribution in [0.2, 0.25) is 0 Å². The van der Waals surface area contributed by atoms with E-state index in [1.54, 1.807) is 7.11 Å². The number of carbonyl (C=O) groups excluding carboxylic acids is 1. The molecule has 0 fully saturated rings. The second kappa shape index (κ2) is 5.70. The van der Waals surface area contributed by atoms with Gasteiger partial charge in [-0.25, -0.2) is 14.5 Å². The van der Waals surface area contributed by atoms with Gasteiger partial charge in [0.15, 0.2) is 0 Å². The molecule has 0 saturated carbocycles. The molecule has 20 heavy (non-hydrogen) atoms. The molecule has 0 aliphatic carbocycles. The van der Waals surface area contributed by atoms with Crippen LogP contribution in [-0.2, 0) is 4.74 Å². The molecule has 1 atom stereocenters. The van der Waals surface area contributed by atoms with Gasteiger partial charge in [0.2, 0.25) is 0 Å². The highest BCUT2D eigenvalue weighted by molar-refractivity contribution is 5.84. The van der Waals surface area contributed by atoms with Crippen LogP contribution in [0.3, 0.4) is 0 Å². The van der Waals surface area contributed by atoms with Crippen LogP contribution >= 0.6 is 0 Å². The molecule has 1 unspecified atom stereocenters. The van der Waals surface area contributed by atoms with Gasteiger partial charge in [-0.1, -0.05) is 6.07 Å². The van der Waals surface area contributed by atoms with Gasteiger partial charge in [-0.15, -0.1) is 5.10 Å². The number of aromatic nitrogens is 3. The first-order valence-corrected chi connectivity index (χ1v) is 6.01. The number of benzene rings is 1. The number of methoxy groups -OCH3 is 2. The fourth-order valence-electron chi connectivity index (χ4n) is 1.93. The summed E-state index contributed by atoms with van der Waals surface area (Å²) in [5.41, 5.74) is 7.49. The summed E-state index contributed by atoms with van der Waals surface area (Å²) in [4.78, 5) is 15.3. The molecule has 2 N–H and O–H groups in total. The van der Waals surface area contributed by atoms with Gasteiger partial charge in [0.1, 0.15) is 12.1 Å². The maximum atomic E-state index is 11.4. The number of hydrogen-bond donors (Lipinski definition) is 1. The van der Waals surface area contributed by atoms with Crippen LogP contribution in [0.4, 0.5) is 0 Å².